The Kier molecular flexibility index (Phi) is 7.92. The van der Waals surface area contributed by atoms with Crippen molar-refractivity contribution in [2.24, 2.45) is 0 Å². The van der Waals surface area contributed by atoms with Crippen molar-refractivity contribution in [3.05, 3.63) is 59.9 Å². The van der Waals surface area contributed by atoms with Crippen molar-refractivity contribution in [3.63, 3.8) is 0 Å². The zero-order chi connectivity index (χ0) is 17.9. The van der Waals surface area contributed by atoms with E-state index in [0.29, 0.717) is 12.2 Å². The van der Waals surface area contributed by atoms with Gasteiger partial charge in [-0.15, -0.1) is 0 Å². The van der Waals surface area contributed by atoms with Crippen LogP contribution in [0.3, 0.4) is 0 Å². The van der Waals surface area contributed by atoms with Gasteiger partial charge in [-0.25, -0.2) is 4.98 Å². The van der Waals surface area contributed by atoms with Gasteiger partial charge in [-0.3, -0.25) is 4.79 Å². The number of benzene rings is 1. The number of carbonyl (C=O) groups is 1. The van der Waals surface area contributed by atoms with Crippen molar-refractivity contribution < 1.29 is 4.79 Å². The van der Waals surface area contributed by atoms with Crippen LogP contribution in [0.15, 0.2) is 48.7 Å². The molecule has 0 saturated heterocycles. The van der Waals surface area contributed by atoms with Crippen LogP contribution in [0.4, 0.5) is 5.69 Å². The molecule has 2 N–H and O–H groups in total. The molecular weight excluding hydrogens is 312 g/mol. The van der Waals surface area contributed by atoms with E-state index in [-0.39, 0.29) is 5.91 Å². The number of amides is 1. The second-order valence-electron chi connectivity index (χ2n) is 6.36. The highest BCUT2D eigenvalue weighted by atomic mass is 16.1. The van der Waals surface area contributed by atoms with Crippen molar-refractivity contribution in [2.45, 2.75) is 19.3 Å². The lowest BCUT2D eigenvalue weighted by molar-refractivity contribution is 0.0948. The molecule has 5 heteroatoms. The lowest BCUT2D eigenvalue weighted by Gasteiger charge is -2.10. The standard InChI is InChI=1S/C20H28N4O/c1-24(2)15-7-14-21-18-11-12-19(23-16-18)20(25)22-13-6-10-17-8-4-3-5-9-17/h3-5,8-9,11-12,16,21H,6-7,10,13-15H2,1-2H3,(H,22,25). The Hall–Kier alpha value is -2.40. The number of hydrogen-bond acceptors (Lipinski definition) is 4. The number of aromatic nitrogens is 1. The van der Waals surface area contributed by atoms with Crippen LogP contribution in [0, 0.1) is 0 Å². The Balaban J connectivity index is 1.67. The number of carbonyl (C=O) groups excluding carboxylic acids is 1. The first-order valence-electron chi connectivity index (χ1n) is 8.82. The van der Waals surface area contributed by atoms with E-state index in [1.807, 2.05) is 24.3 Å². The van der Waals surface area contributed by atoms with Crippen molar-refractivity contribution >= 4 is 11.6 Å². The fourth-order valence-electron chi connectivity index (χ4n) is 2.49. The van der Waals surface area contributed by atoms with Crippen LogP contribution in [-0.4, -0.2) is 49.5 Å². The Bertz CT molecular complexity index is 626. The summed E-state index contributed by atoms with van der Waals surface area (Å²) < 4.78 is 0. The van der Waals surface area contributed by atoms with Crippen LogP contribution >= 0.6 is 0 Å². The molecular formula is C20H28N4O. The zero-order valence-electron chi connectivity index (χ0n) is 15.2. The highest BCUT2D eigenvalue weighted by molar-refractivity contribution is 5.92. The molecule has 0 radical (unpaired) electrons. The Morgan fingerprint density at radius 3 is 2.52 bits per heavy atom. The molecule has 2 aromatic rings. The summed E-state index contributed by atoms with van der Waals surface area (Å²) in [6.45, 7) is 2.59. The first kappa shape index (κ1) is 18.9. The van der Waals surface area contributed by atoms with Gasteiger partial charge in [-0.2, -0.15) is 0 Å². The third kappa shape index (κ3) is 7.35. The second-order valence-corrected chi connectivity index (χ2v) is 6.36. The summed E-state index contributed by atoms with van der Waals surface area (Å²) in [5, 5.41) is 6.24. The summed E-state index contributed by atoms with van der Waals surface area (Å²) in [5.41, 5.74) is 2.69. The van der Waals surface area contributed by atoms with Gasteiger partial charge in [0.15, 0.2) is 0 Å². The molecule has 0 saturated carbocycles. The molecule has 1 amide bonds. The molecule has 2 rings (SSSR count). The lowest BCUT2D eigenvalue weighted by Crippen LogP contribution is -2.25. The molecule has 1 heterocycles. The van der Waals surface area contributed by atoms with Gasteiger partial charge in [0.1, 0.15) is 5.69 Å². The van der Waals surface area contributed by atoms with Gasteiger partial charge >= 0.3 is 0 Å². The highest BCUT2D eigenvalue weighted by Gasteiger charge is 2.06. The Morgan fingerprint density at radius 2 is 1.84 bits per heavy atom. The van der Waals surface area contributed by atoms with Gasteiger partial charge < -0.3 is 15.5 Å². The van der Waals surface area contributed by atoms with Gasteiger partial charge in [0.05, 0.1) is 11.9 Å². The first-order valence-corrected chi connectivity index (χ1v) is 8.82. The van der Waals surface area contributed by atoms with E-state index in [1.54, 1.807) is 12.3 Å². The number of aryl methyl sites for hydroxylation is 1. The zero-order valence-corrected chi connectivity index (χ0v) is 15.2. The van der Waals surface area contributed by atoms with Crippen molar-refractivity contribution in [3.8, 4) is 0 Å². The average Bonchev–Trinajstić information content (AvgIpc) is 2.63. The van der Waals surface area contributed by atoms with E-state index >= 15 is 0 Å². The lowest BCUT2D eigenvalue weighted by atomic mass is 10.1. The molecule has 25 heavy (non-hydrogen) atoms. The minimum Gasteiger partial charge on any atom is -0.384 e. The van der Waals surface area contributed by atoms with Gasteiger partial charge in [-0.1, -0.05) is 30.3 Å². The molecule has 134 valence electrons. The molecule has 0 bridgehead atoms. The molecule has 0 atom stereocenters. The number of pyridine rings is 1. The van der Waals surface area contributed by atoms with Crippen molar-refractivity contribution in [1.29, 1.82) is 0 Å². The maximum absolute atomic E-state index is 12.1. The molecule has 0 fully saturated rings. The van der Waals surface area contributed by atoms with E-state index in [9.17, 15) is 4.79 Å². The predicted molar refractivity (Wildman–Crippen MR) is 103 cm³/mol. The summed E-state index contributed by atoms with van der Waals surface area (Å²) in [6, 6.07) is 14.0. The Labute approximate surface area is 150 Å². The van der Waals surface area contributed by atoms with Crippen molar-refractivity contribution in [2.75, 3.05) is 39.0 Å². The summed E-state index contributed by atoms with van der Waals surface area (Å²) in [4.78, 5) is 18.5. The minimum atomic E-state index is -0.118. The van der Waals surface area contributed by atoms with Crippen LogP contribution in [-0.2, 0) is 6.42 Å². The fraction of sp³-hybridized carbons (Fsp3) is 0.400. The number of rotatable bonds is 10. The van der Waals surface area contributed by atoms with Gasteiger partial charge in [0, 0.05) is 13.1 Å². The third-order valence-electron chi connectivity index (χ3n) is 3.88. The molecule has 0 spiro atoms. The summed E-state index contributed by atoms with van der Waals surface area (Å²) in [7, 11) is 4.13. The second kappa shape index (κ2) is 10.5. The average molecular weight is 340 g/mol. The summed E-state index contributed by atoms with van der Waals surface area (Å²) >= 11 is 0. The number of nitrogens with zero attached hydrogens (tertiary/aromatic N) is 2. The topological polar surface area (TPSA) is 57.3 Å². The number of anilines is 1. The normalized spacial score (nSPS) is 10.7. The van der Waals surface area contributed by atoms with Crippen LogP contribution in [0.5, 0.6) is 0 Å². The predicted octanol–water partition coefficient (Wildman–Crippen LogP) is 2.81. The SMILES string of the molecule is CN(C)CCCNc1ccc(C(=O)NCCCc2ccccc2)nc1. The molecule has 0 aliphatic carbocycles. The molecule has 0 aliphatic rings. The summed E-state index contributed by atoms with van der Waals surface area (Å²) in [5.74, 6) is -0.118. The highest BCUT2D eigenvalue weighted by Crippen LogP contribution is 2.06. The van der Waals surface area contributed by atoms with Crippen molar-refractivity contribution in [1.82, 2.24) is 15.2 Å². The van der Waals surface area contributed by atoms with Gasteiger partial charge in [0.25, 0.3) is 5.91 Å². The maximum atomic E-state index is 12.1. The molecule has 1 aromatic heterocycles. The van der Waals surface area contributed by atoms with E-state index in [4.69, 9.17) is 0 Å². The number of hydrogen-bond donors (Lipinski definition) is 2. The molecule has 0 unspecified atom stereocenters. The van der Waals surface area contributed by atoms with E-state index < -0.39 is 0 Å². The third-order valence-corrected chi connectivity index (χ3v) is 3.88. The number of nitrogens with one attached hydrogen (secondary N) is 2. The van der Waals surface area contributed by atoms with Crippen LogP contribution < -0.4 is 10.6 Å². The first-order chi connectivity index (χ1) is 12.1. The molecule has 0 aliphatic heterocycles. The van der Waals surface area contributed by atoms with E-state index in [2.05, 4.69) is 46.7 Å². The largest absolute Gasteiger partial charge is 0.384 e. The van der Waals surface area contributed by atoms with E-state index in [0.717, 1.165) is 38.0 Å². The molecule has 1 aromatic carbocycles. The monoisotopic (exact) mass is 340 g/mol. The Morgan fingerprint density at radius 1 is 1.04 bits per heavy atom. The molecule has 5 nitrogen and oxygen atoms in total. The van der Waals surface area contributed by atoms with Crippen LogP contribution in [0.2, 0.25) is 0 Å². The van der Waals surface area contributed by atoms with Crippen LogP contribution in [0.1, 0.15) is 28.9 Å². The van der Waals surface area contributed by atoms with Gasteiger partial charge in [-0.05, 0) is 57.6 Å². The quantitative estimate of drug-likeness (QED) is 0.653. The van der Waals surface area contributed by atoms with E-state index in [1.165, 1.54) is 5.56 Å². The van der Waals surface area contributed by atoms with Crippen LogP contribution in [0.25, 0.3) is 0 Å². The fourth-order valence-corrected chi connectivity index (χ4v) is 2.49. The van der Waals surface area contributed by atoms with Gasteiger partial charge in [0.2, 0.25) is 0 Å². The maximum Gasteiger partial charge on any atom is 0.269 e. The minimum absolute atomic E-state index is 0.118. The summed E-state index contributed by atoms with van der Waals surface area (Å²) in [6.07, 6.45) is 4.66. The smallest absolute Gasteiger partial charge is 0.269 e.